The van der Waals surface area contributed by atoms with Crippen LogP contribution in [-0.4, -0.2) is 14.7 Å². The van der Waals surface area contributed by atoms with Crippen LogP contribution in [0.15, 0.2) is 29.4 Å². The third kappa shape index (κ3) is 1.79. The van der Waals surface area contributed by atoms with Crippen LogP contribution in [0.5, 0.6) is 0 Å². The number of non-ortho nitro benzene ring substituents is 1. The normalized spacial score (nSPS) is 10.3. The van der Waals surface area contributed by atoms with Crippen molar-refractivity contribution in [2.45, 2.75) is 6.92 Å². The molecular weight excluding hydrogens is 238 g/mol. The average Bonchev–Trinajstić information content (AvgIpc) is 2.64. The van der Waals surface area contributed by atoms with Gasteiger partial charge in [0, 0.05) is 12.1 Å². The molecule has 0 fully saturated rings. The van der Waals surface area contributed by atoms with Crippen LogP contribution in [0, 0.1) is 21.9 Å². The Hall–Kier alpha value is -2.77. The van der Waals surface area contributed by atoms with Gasteiger partial charge in [0.1, 0.15) is 0 Å². The first-order valence-corrected chi connectivity index (χ1v) is 4.98. The van der Waals surface area contributed by atoms with E-state index >= 15 is 0 Å². The molecule has 0 aliphatic rings. The van der Waals surface area contributed by atoms with E-state index in [4.69, 9.17) is 5.73 Å². The van der Waals surface area contributed by atoms with Crippen LogP contribution in [-0.2, 0) is 0 Å². The van der Waals surface area contributed by atoms with Gasteiger partial charge in [-0.2, -0.15) is 5.10 Å². The van der Waals surface area contributed by atoms with Crippen molar-refractivity contribution >= 4 is 17.2 Å². The van der Waals surface area contributed by atoms with Crippen molar-refractivity contribution in [1.82, 2.24) is 9.78 Å². The molecule has 0 saturated heterocycles. The number of hydrogen-bond donors (Lipinski definition) is 1. The Kier molecular flexibility index (Phi) is 2.76. The zero-order chi connectivity index (χ0) is 13.3. The maximum Gasteiger partial charge on any atom is 0.271 e. The van der Waals surface area contributed by atoms with E-state index in [1.54, 1.807) is 13.0 Å². The molecule has 1 heterocycles. The highest BCUT2D eigenvalue weighted by Gasteiger charge is 2.16. The summed E-state index contributed by atoms with van der Waals surface area (Å²) in [5, 5.41) is 17.5. The van der Waals surface area contributed by atoms with Gasteiger partial charge in [0.15, 0.2) is 11.5 Å². The van der Waals surface area contributed by atoms with Gasteiger partial charge in [0.25, 0.3) is 5.69 Å². The maximum atomic E-state index is 10.7. The zero-order valence-corrected chi connectivity index (χ0v) is 9.40. The van der Waals surface area contributed by atoms with Crippen LogP contribution in [0.2, 0.25) is 0 Å². The smallest absolute Gasteiger partial charge is 0.271 e. The number of nitrogen functional groups attached to an aromatic ring is 1. The molecule has 8 nitrogen and oxygen atoms in total. The number of nitrogens with zero attached hydrogens (tertiary/aromatic N) is 4. The lowest BCUT2D eigenvalue weighted by molar-refractivity contribution is -0.384. The number of aryl methyl sites for hydroxylation is 1. The van der Waals surface area contributed by atoms with Gasteiger partial charge in [0.05, 0.1) is 16.3 Å². The molecule has 18 heavy (non-hydrogen) atoms. The van der Waals surface area contributed by atoms with Crippen molar-refractivity contribution in [3.63, 3.8) is 0 Å². The minimum atomic E-state index is -0.519. The number of nitrogens with two attached hydrogens (primary N) is 1. The van der Waals surface area contributed by atoms with E-state index in [-0.39, 0.29) is 17.2 Å². The number of benzene rings is 1. The largest absolute Gasteiger partial charge is 0.382 e. The standard InChI is InChI=1S/C10H9N5O3/c1-6-9(13-16)10(11)14(12-6)7-3-2-4-8(5-7)15(17)18/h2-5H,11H2,1H3. The summed E-state index contributed by atoms with van der Waals surface area (Å²) in [5.41, 5.74) is 6.44. The van der Waals surface area contributed by atoms with E-state index < -0.39 is 4.92 Å². The highest BCUT2D eigenvalue weighted by Crippen LogP contribution is 2.29. The van der Waals surface area contributed by atoms with Crippen LogP contribution < -0.4 is 5.73 Å². The zero-order valence-electron chi connectivity index (χ0n) is 9.40. The van der Waals surface area contributed by atoms with E-state index in [0.29, 0.717) is 11.4 Å². The number of rotatable bonds is 3. The summed E-state index contributed by atoms with van der Waals surface area (Å²) in [6, 6.07) is 5.79. The summed E-state index contributed by atoms with van der Waals surface area (Å²) in [4.78, 5) is 20.7. The lowest BCUT2D eigenvalue weighted by Crippen LogP contribution is -2.02. The minimum absolute atomic E-state index is 0.0431. The fourth-order valence-electron chi connectivity index (χ4n) is 1.58. The van der Waals surface area contributed by atoms with Gasteiger partial charge in [-0.3, -0.25) is 10.1 Å². The van der Waals surface area contributed by atoms with Gasteiger partial charge >= 0.3 is 0 Å². The van der Waals surface area contributed by atoms with Crippen molar-refractivity contribution in [2.24, 2.45) is 5.18 Å². The topological polar surface area (TPSA) is 116 Å². The maximum absolute atomic E-state index is 10.7. The first kappa shape index (κ1) is 11.7. The SMILES string of the molecule is Cc1nn(-c2cccc([N+](=O)[O-])c2)c(N)c1N=O. The van der Waals surface area contributed by atoms with Crippen LogP contribution >= 0.6 is 0 Å². The summed E-state index contributed by atoms with van der Waals surface area (Å²) >= 11 is 0. The Morgan fingerprint density at radius 3 is 2.78 bits per heavy atom. The Labute approximate surface area is 101 Å². The Balaban J connectivity index is 2.59. The van der Waals surface area contributed by atoms with Crippen molar-refractivity contribution < 1.29 is 4.92 Å². The van der Waals surface area contributed by atoms with E-state index in [2.05, 4.69) is 10.3 Å². The molecule has 0 atom stereocenters. The summed E-state index contributed by atoms with van der Waals surface area (Å²) in [6.07, 6.45) is 0. The second-order valence-corrected chi connectivity index (χ2v) is 3.60. The molecule has 0 bridgehead atoms. The van der Waals surface area contributed by atoms with Gasteiger partial charge in [-0.05, 0) is 18.2 Å². The molecule has 1 aromatic carbocycles. The van der Waals surface area contributed by atoms with Gasteiger partial charge < -0.3 is 5.73 Å². The van der Waals surface area contributed by atoms with Gasteiger partial charge in [-0.1, -0.05) is 6.07 Å². The summed E-state index contributed by atoms with van der Waals surface area (Å²) in [7, 11) is 0. The van der Waals surface area contributed by atoms with Crippen LogP contribution in [0.1, 0.15) is 5.69 Å². The molecule has 2 aromatic rings. The van der Waals surface area contributed by atoms with Crippen molar-refractivity contribution in [1.29, 1.82) is 0 Å². The molecule has 2 rings (SSSR count). The number of hydrogen-bond acceptors (Lipinski definition) is 6. The lowest BCUT2D eigenvalue weighted by atomic mass is 10.3. The third-order valence-corrected chi connectivity index (χ3v) is 2.44. The Morgan fingerprint density at radius 1 is 1.50 bits per heavy atom. The number of nitro groups is 1. The van der Waals surface area contributed by atoms with E-state index in [0.717, 1.165) is 0 Å². The highest BCUT2D eigenvalue weighted by atomic mass is 16.6. The molecule has 0 spiro atoms. The second-order valence-electron chi connectivity index (χ2n) is 3.60. The molecule has 0 unspecified atom stereocenters. The van der Waals surface area contributed by atoms with Gasteiger partial charge in [0.2, 0.25) is 0 Å². The lowest BCUT2D eigenvalue weighted by Gasteiger charge is -2.03. The Morgan fingerprint density at radius 2 is 2.22 bits per heavy atom. The summed E-state index contributed by atoms with van der Waals surface area (Å²) in [6.45, 7) is 1.58. The van der Waals surface area contributed by atoms with Crippen LogP contribution in [0.3, 0.4) is 0 Å². The second kappa shape index (κ2) is 4.24. The molecule has 92 valence electrons. The number of nitroso groups, excluding NO2 is 1. The number of aromatic nitrogens is 2. The number of nitro benzene ring substituents is 1. The average molecular weight is 247 g/mol. The fourth-order valence-corrected chi connectivity index (χ4v) is 1.58. The van der Waals surface area contributed by atoms with Crippen molar-refractivity contribution in [3.8, 4) is 5.69 Å². The predicted octanol–water partition coefficient (Wildman–Crippen LogP) is 2.07. The van der Waals surface area contributed by atoms with E-state index in [1.165, 1.54) is 22.9 Å². The van der Waals surface area contributed by atoms with Crippen LogP contribution in [0.25, 0.3) is 5.69 Å². The van der Waals surface area contributed by atoms with E-state index in [9.17, 15) is 15.0 Å². The quantitative estimate of drug-likeness (QED) is 0.506. The molecule has 2 N–H and O–H groups in total. The predicted molar refractivity (Wildman–Crippen MR) is 64.8 cm³/mol. The molecule has 8 heteroatoms. The summed E-state index contributed by atoms with van der Waals surface area (Å²) in [5.74, 6) is 0.0583. The first-order valence-electron chi connectivity index (χ1n) is 4.98. The van der Waals surface area contributed by atoms with Gasteiger partial charge in [-0.15, -0.1) is 4.91 Å². The van der Waals surface area contributed by atoms with Crippen molar-refractivity contribution in [2.75, 3.05) is 5.73 Å². The number of anilines is 1. The molecule has 0 aliphatic carbocycles. The molecular formula is C10H9N5O3. The minimum Gasteiger partial charge on any atom is -0.382 e. The Bertz CT molecular complexity index is 634. The molecule has 0 saturated carbocycles. The third-order valence-electron chi connectivity index (χ3n) is 2.44. The molecule has 0 amide bonds. The van der Waals surface area contributed by atoms with Crippen molar-refractivity contribution in [3.05, 3.63) is 45.0 Å². The monoisotopic (exact) mass is 247 g/mol. The fraction of sp³-hybridized carbons (Fsp3) is 0.100. The van der Waals surface area contributed by atoms with E-state index in [1.807, 2.05) is 0 Å². The molecule has 1 aromatic heterocycles. The van der Waals surface area contributed by atoms with Gasteiger partial charge in [-0.25, -0.2) is 4.68 Å². The van der Waals surface area contributed by atoms with Crippen LogP contribution in [0.4, 0.5) is 17.2 Å². The highest BCUT2D eigenvalue weighted by molar-refractivity contribution is 5.64. The summed E-state index contributed by atoms with van der Waals surface area (Å²) < 4.78 is 1.25. The first-order chi connectivity index (χ1) is 8.54. The molecule has 0 aliphatic heterocycles. The molecule has 0 radical (unpaired) electrons.